The van der Waals surface area contributed by atoms with Crippen molar-refractivity contribution in [1.82, 2.24) is 4.90 Å². The second-order valence-corrected chi connectivity index (χ2v) is 7.75. The molecule has 1 fully saturated rings. The molecule has 0 amide bonds. The summed E-state index contributed by atoms with van der Waals surface area (Å²) in [5.41, 5.74) is 12.0. The van der Waals surface area contributed by atoms with E-state index in [0.29, 0.717) is 5.92 Å². The fourth-order valence-electron chi connectivity index (χ4n) is 4.48. The highest BCUT2D eigenvalue weighted by Gasteiger charge is 2.26. The Hall–Kier alpha value is -1.71. The number of aryl methyl sites for hydroxylation is 2. The number of piperidine rings is 1. The molecule has 0 saturated carbocycles. The smallest absolute Gasteiger partial charge is 0.123 e. The van der Waals surface area contributed by atoms with Crippen molar-refractivity contribution in [2.24, 2.45) is 5.73 Å². The van der Waals surface area contributed by atoms with Gasteiger partial charge in [0.1, 0.15) is 5.82 Å². The first-order valence-corrected chi connectivity index (χ1v) is 9.51. The van der Waals surface area contributed by atoms with E-state index >= 15 is 0 Å². The van der Waals surface area contributed by atoms with Gasteiger partial charge in [-0.15, -0.1) is 0 Å². The molecule has 2 aromatic carbocycles. The normalized spacial score (nSPS) is 24.1. The minimum atomic E-state index is -0.172. The van der Waals surface area contributed by atoms with Gasteiger partial charge in [0.05, 0.1) is 0 Å². The monoisotopic (exact) mass is 338 g/mol. The minimum Gasteiger partial charge on any atom is -0.327 e. The minimum absolute atomic E-state index is 0.172. The molecule has 1 saturated heterocycles. The number of halogens is 1. The fraction of sp³-hybridized carbons (Fsp3) is 0.455. The van der Waals surface area contributed by atoms with Crippen molar-refractivity contribution in [3.63, 3.8) is 0 Å². The van der Waals surface area contributed by atoms with Gasteiger partial charge in [-0.1, -0.05) is 30.3 Å². The van der Waals surface area contributed by atoms with E-state index in [4.69, 9.17) is 5.73 Å². The van der Waals surface area contributed by atoms with Crippen LogP contribution < -0.4 is 5.73 Å². The van der Waals surface area contributed by atoms with Crippen molar-refractivity contribution < 1.29 is 4.39 Å². The molecule has 2 N–H and O–H groups in total. The van der Waals surface area contributed by atoms with Gasteiger partial charge in [0, 0.05) is 25.7 Å². The second-order valence-electron chi connectivity index (χ2n) is 7.75. The lowest BCUT2D eigenvalue weighted by atomic mass is 9.87. The van der Waals surface area contributed by atoms with Crippen LogP contribution in [0.4, 0.5) is 4.39 Å². The highest BCUT2D eigenvalue weighted by atomic mass is 19.1. The average molecular weight is 338 g/mol. The largest absolute Gasteiger partial charge is 0.327 e. The molecule has 1 aliphatic carbocycles. The summed E-state index contributed by atoms with van der Waals surface area (Å²) in [6.07, 6.45) is 6.08. The Morgan fingerprint density at radius 1 is 0.960 bits per heavy atom. The summed E-state index contributed by atoms with van der Waals surface area (Å²) in [6.45, 7) is 2.89. The van der Waals surface area contributed by atoms with Crippen molar-refractivity contribution in [1.29, 1.82) is 0 Å². The molecule has 0 aromatic heterocycles. The maximum Gasteiger partial charge on any atom is 0.123 e. The Bertz CT molecular complexity index is 725. The lowest BCUT2D eigenvalue weighted by molar-refractivity contribution is 0.181. The van der Waals surface area contributed by atoms with E-state index in [0.717, 1.165) is 26.1 Å². The third kappa shape index (κ3) is 3.94. The number of nitrogens with two attached hydrogens (primary N) is 1. The third-order valence-corrected chi connectivity index (χ3v) is 5.72. The zero-order chi connectivity index (χ0) is 17.2. The zero-order valence-corrected chi connectivity index (χ0v) is 14.8. The lowest BCUT2D eigenvalue weighted by Gasteiger charge is -2.36. The molecule has 2 aromatic rings. The molecule has 0 radical (unpaired) electrons. The van der Waals surface area contributed by atoms with Crippen molar-refractivity contribution >= 4 is 0 Å². The van der Waals surface area contributed by atoms with Crippen LogP contribution in [0.3, 0.4) is 0 Å². The van der Waals surface area contributed by atoms with Gasteiger partial charge >= 0.3 is 0 Å². The maximum absolute atomic E-state index is 13.2. The van der Waals surface area contributed by atoms with Gasteiger partial charge in [0.2, 0.25) is 0 Å². The van der Waals surface area contributed by atoms with Crippen LogP contribution in [-0.4, -0.2) is 24.0 Å². The molecule has 2 nitrogen and oxygen atoms in total. The van der Waals surface area contributed by atoms with Crippen LogP contribution in [0.15, 0.2) is 42.5 Å². The van der Waals surface area contributed by atoms with Crippen LogP contribution in [-0.2, 0) is 19.4 Å². The number of hydrogen-bond acceptors (Lipinski definition) is 2. The van der Waals surface area contributed by atoms with E-state index < -0.39 is 0 Å². The van der Waals surface area contributed by atoms with Gasteiger partial charge in [-0.25, -0.2) is 4.39 Å². The van der Waals surface area contributed by atoms with Crippen LogP contribution >= 0.6 is 0 Å². The molecular weight excluding hydrogens is 311 g/mol. The van der Waals surface area contributed by atoms with E-state index in [1.54, 1.807) is 17.7 Å². The second kappa shape index (κ2) is 7.27. The third-order valence-electron chi connectivity index (χ3n) is 5.72. The lowest BCUT2D eigenvalue weighted by Crippen LogP contribution is -2.45. The molecule has 1 heterocycles. The van der Waals surface area contributed by atoms with E-state index in [9.17, 15) is 4.39 Å². The number of likely N-dealkylation sites (tertiary alicyclic amines) is 1. The first-order chi connectivity index (χ1) is 12.2. The summed E-state index contributed by atoms with van der Waals surface area (Å²) in [6, 6.07) is 14.1. The topological polar surface area (TPSA) is 29.3 Å². The Morgan fingerprint density at radius 3 is 2.52 bits per heavy atom. The summed E-state index contributed by atoms with van der Waals surface area (Å²) < 4.78 is 13.2. The summed E-state index contributed by atoms with van der Waals surface area (Å²) in [7, 11) is 0. The standard InChI is InChI=1S/C22H27FN2/c23-21-9-7-18(8-10-21)20-12-22(24)15-25(14-20)13-16-5-6-17-3-1-2-4-19(17)11-16/h5-11,20,22H,1-4,12-15,24H2. The van der Waals surface area contributed by atoms with Crippen molar-refractivity contribution in [2.45, 2.75) is 50.6 Å². The molecule has 0 spiro atoms. The molecule has 2 unspecified atom stereocenters. The van der Waals surface area contributed by atoms with Crippen molar-refractivity contribution in [2.75, 3.05) is 13.1 Å². The zero-order valence-electron chi connectivity index (χ0n) is 14.8. The quantitative estimate of drug-likeness (QED) is 0.916. The van der Waals surface area contributed by atoms with Crippen LogP contribution in [0.25, 0.3) is 0 Å². The van der Waals surface area contributed by atoms with Gasteiger partial charge in [-0.2, -0.15) is 0 Å². The Labute approximate surface area is 149 Å². The van der Waals surface area contributed by atoms with Gasteiger partial charge in [-0.05, 0) is 72.4 Å². The number of rotatable bonds is 3. The van der Waals surface area contributed by atoms with Crippen LogP contribution in [0.1, 0.15) is 47.4 Å². The molecule has 4 rings (SSSR count). The number of benzene rings is 2. The molecule has 1 aliphatic heterocycles. The van der Waals surface area contributed by atoms with Gasteiger partial charge < -0.3 is 5.73 Å². The fourth-order valence-corrected chi connectivity index (χ4v) is 4.48. The number of fused-ring (bicyclic) bond motifs is 1. The molecule has 2 aliphatic rings. The summed E-state index contributed by atoms with van der Waals surface area (Å²) >= 11 is 0. The first-order valence-electron chi connectivity index (χ1n) is 9.51. The van der Waals surface area contributed by atoms with Crippen LogP contribution in [0, 0.1) is 5.82 Å². The molecule has 25 heavy (non-hydrogen) atoms. The number of hydrogen-bond donors (Lipinski definition) is 1. The molecule has 2 atom stereocenters. The number of nitrogens with zero attached hydrogens (tertiary/aromatic N) is 1. The van der Waals surface area contributed by atoms with Gasteiger partial charge in [0.25, 0.3) is 0 Å². The first kappa shape index (κ1) is 16.7. The molecule has 132 valence electrons. The molecule has 3 heteroatoms. The average Bonchev–Trinajstić information content (AvgIpc) is 2.62. The highest BCUT2D eigenvalue weighted by molar-refractivity contribution is 5.34. The summed E-state index contributed by atoms with van der Waals surface area (Å²) in [4.78, 5) is 2.47. The predicted molar refractivity (Wildman–Crippen MR) is 100 cm³/mol. The van der Waals surface area contributed by atoms with E-state index in [-0.39, 0.29) is 11.9 Å². The van der Waals surface area contributed by atoms with Crippen LogP contribution in [0.2, 0.25) is 0 Å². The van der Waals surface area contributed by atoms with E-state index in [1.165, 1.54) is 42.4 Å². The molecular formula is C22H27FN2. The Morgan fingerprint density at radius 2 is 1.72 bits per heavy atom. The molecule has 0 bridgehead atoms. The van der Waals surface area contributed by atoms with Crippen LogP contribution in [0.5, 0.6) is 0 Å². The summed E-state index contributed by atoms with van der Waals surface area (Å²) in [5, 5.41) is 0. The van der Waals surface area contributed by atoms with Gasteiger partial charge in [0.15, 0.2) is 0 Å². The Balaban J connectivity index is 1.47. The highest BCUT2D eigenvalue weighted by Crippen LogP contribution is 2.28. The Kier molecular flexibility index (Phi) is 4.87. The summed E-state index contributed by atoms with van der Waals surface area (Å²) in [5.74, 6) is 0.219. The van der Waals surface area contributed by atoms with E-state index in [2.05, 4.69) is 23.1 Å². The predicted octanol–water partition coefficient (Wildman–Crippen LogP) is 4.02. The maximum atomic E-state index is 13.2. The van der Waals surface area contributed by atoms with Crippen molar-refractivity contribution in [3.05, 3.63) is 70.5 Å². The van der Waals surface area contributed by atoms with E-state index in [1.807, 2.05) is 12.1 Å². The van der Waals surface area contributed by atoms with Crippen molar-refractivity contribution in [3.8, 4) is 0 Å². The van der Waals surface area contributed by atoms with Gasteiger partial charge in [-0.3, -0.25) is 4.90 Å². The SMILES string of the molecule is NC1CC(c2ccc(F)cc2)CN(Cc2ccc3c(c2)CCCC3)C1.